The summed E-state index contributed by atoms with van der Waals surface area (Å²) < 4.78 is 0. The van der Waals surface area contributed by atoms with Crippen molar-refractivity contribution < 1.29 is 0 Å². The Morgan fingerprint density at radius 3 is 3.00 bits per heavy atom. The van der Waals surface area contributed by atoms with E-state index in [2.05, 4.69) is 6.92 Å². The van der Waals surface area contributed by atoms with E-state index in [9.17, 15) is 0 Å². The number of rotatable bonds is 3. The molecule has 1 saturated carbocycles. The standard InChI is InChI=1S/C13H20ClNS/c1-2-9-4-3-5-10(8-9)12(15)13-11(14)6-7-16-13/h6-7,9-10,12H,2-5,8,15H2,1H3. The van der Waals surface area contributed by atoms with E-state index in [0.717, 1.165) is 10.9 Å². The van der Waals surface area contributed by atoms with Gasteiger partial charge in [-0.2, -0.15) is 0 Å². The van der Waals surface area contributed by atoms with E-state index in [1.807, 2.05) is 11.4 Å². The second kappa shape index (κ2) is 5.52. The SMILES string of the molecule is CCC1CCCC(C(N)c2sccc2Cl)C1. The summed E-state index contributed by atoms with van der Waals surface area (Å²) in [4.78, 5) is 1.18. The Morgan fingerprint density at radius 1 is 1.56 bits per heavy atom. The molecule has 0 bridgehead atoms. The van der Waals surface area contributed by atoms with Gasteiger partial charge in [0.15, 0.2) is 0 Å². The maximum atomic E-state index is 6.36. The summed E-state index contributed by atoms with van der Waals surface area (Å²) in [5, 5.41) is 2.90. The summed E-state index contributed by atoms with van der Waals surface area (Å²) in [6.45, 7) is 2.29. The van der Waals surface area contributed by atoms with E-state index in [1.165, 1.54) is 37.0 Å². The lowest BCUT2D eigenvalue weighted by Gasteiger charge is -2.32. The Balaban J connectivity index is 2.04. The maximum absolute atomic E-state index is 6.36. The van der Waals surface area contributed by atoms with E-state index in [1.54, 1.807) is 11.3 Å². The molecule has 2 N–H and O–H groups in total. The van der Waals surface area contributed by atoms with Crippen molar-refractivity contribution in [2.24, 2.45) is 17.6 Å². The summed E-state index contributed by atoms with van der Waals surface area (Å²) in [5.74, 6) is 1.51. The first kappa shape index (κ1) is 12.4. The largest absolute Gasteiger partial charge is 0.323 e. The van der Waals surface area contributed by atoms with E-state index >= 15 is 0 Å². The van der Waals surface area contributed by atoms with Gasteiger partial charge < -0.3 is 5.73 Å². The van der Waals surface area contributed by atoms with Gasteiger partial charge in [0.1, 0.15) is 0 Å². The lowest BCUT2D eigenvalue weighted by molar-refractivity contribution is 0.232. The van der Waals surface area contributed by atoms with Gasteiger partial charge in [0.2, 0.25) is 0 Å². The molecule has 1 aromatic rings. The quantitative estimate of drug-likeness (QED) is 0.840. The predicted octanol–water partition coefficient (Wildman–Crippen LogP) is 4.62. The van der Waals surface area contributed by atoms with E-state index in [4.69, 9.17) is 17.3 Å². The van der Waals surface area contributed by atoms with Crippen LogP contribution in [-0.2, 0) is 0 Å². The van der Waals surface area contributed by atoms with Gasteiger partial charge in [-0.3, -0.25) is 0 Å². The fourth-order valence-corrected chi connectivity index (χ4v) is 4.07. The normalized spacial score (nSPS) is 27.9. The fourth-order valence-electron chi connectivity index (χ4n) is 2.79. The Bertz CT molecular complexity index is 336. The highest BCUT2D eigenvalue weighted by atomic mass is 35.5. The summed E-state index contributed by atoms with van der Waals surface area (Å²) in [6.07, 6.45) is 6.57. The molecule has 0 aliphatic heterocycles. The first-order valence-electron chi connectivity index (χ1n) is 6.20. The van der Waals surface area contributed by atoms with Crippen LogP contribution in [0, 0.1) is 11.8 Å². The molecule has 1 aliphatic rings. The van der Waals surface area contributed by atoms with Gasteiger partial charge in [-0.1, -0.05) is 37.8 Å². The smallest absolute Gasteiger partial charge is 0.0561 e. The second-order valence-electron chi connectivity index (χ2n) is 4.86. The Kier molecular flexibility index (Phi) is 4.28. The average Bonchev–Trinajstić information content (AvgIpc) is 2.74. The number of thiophene rings is 1. The third-order valence-electron chi connectivity index (χ3n) is 3.86. The summed E-state index contributed by atoms with van der Waals surface area (Å²) in [5.41, 5.74) is 6.36. The minimum Gasteiger partial charge on any atom is -0.323 e. The Morgan fingerprint density at radius 2 is 2.38 bits per heavy atom. The summed E-state index contributed by atoms with van der Waals surface area (Å²) >= 11 is 7.86. The third-order valence-corrected chi connectivity index (χ3v) is 5.32. The molecule has 3 unspecified atom stereocenters. The van der Waals surface area contributed by atoms with Crippen molar-refractivity contribution in [1.82, 2.24) is 0 Å². The minimum atomic E-state index is 0.154. The zero-order chi connectivity index (χ0) is 11.5. The van der Waals surface area contributed by atoms with Crippen molar-refractivity contribution in [3.05, 3.63) is 21.3 Å². The number of nitrogens with two attached hydrogens (primary N) is 1. The molecule has 1 nitrogen and oxygen atoms in total. The minimum absolute atomic E-state index is 0.154. The molecule has 1 aliphatic carbocycles. The highest BCUT2D eigenvalue weighted by Crippen LogP contribution is 2.40. The topological polar surface area (TPSA) is 26.0 Å². The molecule has 3 atom stereocenters. The third kappa shape index (κ3) is 2.61. The molecule has 3 heteroatoms. The molecule has 0 radical (unpaired) electrons. The average molecular weight is 258 g/mol. The molecule has 16 heavy (non-hydrogen) atoms. The van der Waals surface area contributed by atoms with Crippen molar-refractivity contribution in [3.8, 4) is 0 Å². The lowest BCUT2D eigenvalue weighted by Crippen LogP contribution is -2.26. The molecule has 1 fully saturated rings. The Labute approximate surface area is 107 Å². The van der Waals surface area contributed by atoms with Crippen LogP contribution in [0.1, 0.15) is 49.9 Å². The van der Waals surface area contributed by atoms with Gasteiger partial charge in [0.25, 0.3) is 0 Å². The van der Waals surface area contributed by atoms with Crippen LogP contribution in [0.5, 0.6) is 0 Å². The number of halogens is 1. The number of hydrogen-bond donors (Lipinski definition) is 1. The van der Waals surface area contributed by atoms with E-state index in [0.29, 0.717) is 5.92 Å². The molecular weight excluding hydrogens is 238 g/mol. The molecule has 90 valence electrons. The van der Waals surface area contributed by atoms with Crippen molar-refractivity contribution in [3.63, 3.8) is 0 Å². The van der Waals surface area contributed by atoms with Crippen LogP contribution in [0.15, 0.2) is 11.4 Å². The first-order chi connectivity index (χ1) is 7.72. The summed E-state index contributed by atoms with van der Waals surface area (Å²) in [7, 11) is 0. The molecular formula is C13H20ClNS. The molecule has 0 saturated heterocycles. The highest BCUT2D eigenvalue weighted by molar-refractivity contribution is 7.10. The van der Waals surface area contributed by atoms with Crippen molar-refractivity contribution in [2.45, 2.75) is 45.1 Å². The van der Waals surface area contributed by atoms with Crippen LogP contribution >= 0.6 is 22.9 Å². The van der Waals surface area contributed by atoms with Gasteiger partial charge in [-0.25, -0.2) is 0 Å². The zero-order valence-electron chi connectivity index (χ0n) is 9.79. The fraction of sp³-hybridized carbons (Fsp3) is 0.692. The molecule has 0 spiro atoms. The van der Waals surface area contributed by atoms with Crippen molar-refractivity contribution >= 4 is 22.9 Å². The Hall–Kier alpha value is -0.0500. The molecule has 0 aromatic carbocycles. The van der Waals surface area contributed by atoms with Gasteiger partial charge >= 0.3 is 0 Å². The van der Waals surface area contributed by atoms with Gasteiger partial charge in [-0.15, -0.1) is 11.3 Å². The van der Waals surface area contributed by atoms with Crippen LogP contribution in [0.3, 0.4) is 0 Å². The number of hydrogen-bond acceptors (Lipinski definition) is 2. The van der Waals surface area contributed by atoms with Gasteiger partial charge in [0, 0.05) is 10.9 Å². The first-order valence-corrected chi connectivity index (χ1v) is 7.46. The van der Waals surface area contributed by atoms with Crippen LogP contribution in [0.25, 0.3) is 0 Å². The van der Waals surface area contributed by atoms with Crippen LogP contribution < -0.4 is 5.73 Å². The zero-order valence-corrected chi connectivity index (χ0v) is 11.4. The van der Waals surface area contributed by atoms with Crippen LogP contribution in [0.2, 0.25) is 5.02 Å². The van der Waals surface area contributed by atoms with Gasteiger partial charge in [0.05, 0.1) is 5.02 Å². The summed E-state index contributed by atoms with van der Waals surface area (Å²) in [6, 6.07) is 2.11. The predicted molar refractivity (Wildman–Crippen MR) is 72.0 cm³/mol. The molecule has 1 aromatic heterocycles. The van der Waals surface area contributed by atoms with E-state index in [-0.39, 0.29) is 6.04 Å². The maximum Gasteiger partial charge on any atom is 0.0561 e. The van der Waals surface area contributed by atoms with Crippen LogP contribution in [0.4, 0.5) is 0 Å². The highest BCUT2D eigenvalue weighted by Gasteiger charge is 2.28. The molecule has 1 heterocycles. The van der Waals surface area contributed by atoms with Crippen molar-refractivity contribution in [2.75, 3.05) is 0 Å². The second-order valence-corrected chi connectivity index (χ2v) is 6.21. The monoisotopic (exact) mass is 257 g/mol. The van der Waals surface area contributed by atoms with Crippen molar-refractivity contribution in [1.29, 1.82) is 0 Å². The molecule has 0 amide bonds. The van der Waals surface area contributed by atoms with E-state index < -0.39 is 0 Å². The molecule has 2 rings (SSSR count). The van der Waals surface area contributed by atoms with Gasteiger partial charge in [-0.05, 0) is 36.1 Å². The van der Waals surface area contributed by atoms with Crippen LogP contribution in [-0.4, -0.2) is 0 Å². The lowest BCUT2D eigenvalue weighted by atomic mass is 9.77.